The fourth-order valence-corrected chi connectivity index (χ4v) is 3.43. The van der Waals surface area contributed by atoms with E-state index in [0.717, 1.165) is 47.8 Å². The van der Waals surface area contributed by atoms with Crippen molar-refractivity contribution in [2.75, 3.05) is 18.0 Å². The highest BCUT2D eigenvalue weighted by Gasteiger charge is 2.22. The minimum Gasteiger partial charge on any atom is -0.438 e. The van der Waals surface area contributed by atoms with Gasteiger partial charge in [-0.15, -0.1) is 0 Å². The summed E-state index contributed by atoms with van der Waals surface area (Å²) in [6.45, 7) is 15.6. The SMILES string of the molecule is CCCN(CC)c1cc(C)nc(Oc2c(C)cc(C)cc2C)c1C(C)=O. The molecule has 26 heavy (non-hydrogen) atoms. The first-order valence-electron chi connectivity index (χ1n) is 9.31. The van der Waals surface area contributed by atoms with Gasteiger partial charge in [0.1, 0.15) is 11.3 Å². The zero-order chi connectivity index (χ0) is 19.4. The van der Waals surface area contributed by atoms with Crippen LogP contribution in [0.4, 0.5) is 5.69 Å². The average molecular weight is 354 g/mol. The molecule has 0 aliphatic carbocycles. The molecule has 1 heterocycles. The summed E-state index contributed by atoms with van der Waals surface area (Å²) in [4.78, 5) is 19.3. The molecule has 0 fully saturated rings. The average Bonchev–Trinajstić information content (AvgIpc) is 2.54. The molecule has 0 N–H and O–H groups in total. The summed E-state index contributed by atoms with van der Waals surface area (Å²) in [6.07, 6.45) is 1.01. The number of hydrogen-bond donors (Lipinski definition) is 0. The predicted octanol–water partition coefficient (Wildman–Crippen LogP) is 5.55. The fourth-order valence-electron chi connectivity index (χ4n) is 3.43. The molecule has 4 heteroatoms. The Morgan fingerprint density at radius 1 is 1.08 bits per heavy atom. The van der Waals surface area contributed by atoms with Gasteiger partial charge in [-0.2, -0.15) is 0 Å². The Labute approximate surface area is 157 Å². The first-order chi connectivity index (χ1) is 12.3. The molecular formula is C22H30N2O2. The molecule has 0 saturated carbocycles. The van der Waals surface area contributed by atoms with E-state index in [1.165, 1.54) is 5.56 Å². The van der Waals surface area contributed by atoms with Crippen LogP contribution in [0.1, 0.15) is 59.9 Å². The summed E-state index contributed by atoms with van der Waals surface area (Å²) < 4.78 is 6.22. The number of ether oxygens (including phenoxy) is 1. The Morgan fingerprint density at radius 3 is 2.19 bits per heavy atom. The van der Waals surface area contributed by atoms with E-state index in [0.29, 0.717) is 11.4 Å². The number of nitrogens with zero attached hydrogens (tertiary/aromatic N) is 2. The van der Waals surface area contributed by atoms with Crippen molar-refractivity contribution in [1.29, 1.82) is 0 Å². The van der Waals surface area contributed by atoms with Gasteiger partial charge in [-0.05, 0) is 65.2 Å². The molecule has 140 valence electrons. The van der Waals surface area contributed by atoms with E-state index in [2.05, 4.69) is 42.8 Å². The van der Waals surface area contributed by atoms with Crippen LogP contribution in [0.3, 0.4) is 0 Å². The second-order valence-corrected chi connectivity index (χ2v) is 6.93. The maximum absolute atomic E-state index is 12.5. The summed E-state index contributed by atoms with van der Waals surface area (Å²) in [5.74, 6) is 1.15. The summed E-state index contributed by atoms with van der Waals surface area (Å²) in [6, 6.07) is 6.15. The van der Waals surface area contributed by atoms with Gasteiger partial charge in [-0.3, -0.25) is 4.79 Å². The van der Waals surface area contributed by atoms with Crippen molar-refractivity contribution in [2.24, 2.45) is 0 Å². The molecule has 1 aromatic heterocycles. The van der Waals surface area contributed by atoms with Crippen LogP contribution in [0, 0.1) is 27.7 Å². The van der Waals surface area contributed by atoms with Crippen LogP contribution < -0.4 is 9.64 Å². The van der Waals surface area contributed by atoms with Crippen molar-refractivity contribution in [3.8, 4) is 11.6 Å². The Bertz CT molecular complexity index is 789. The molecule has 2 aromatic rings. The van der Waals surface area contributed by atoms with Gasteiger partial charge in [0.25, 0.3) is 0 Å². The molecule has 0 amide bonds. The van der Waals surface area contributed by atoms with E-state index < -0.39 is 0 Å². The van der Waals surface area contributed by atoms with Crippen LogP contribution in [-0.4, -0.2) is 23.9 Å². The molecule has 0 saturated heterocycles. The molecule has 1 aromatic carbocycles. The summed E-state index contributed by atoms with van der Waals surface area (Å²) in [7, 11) is 0. The first-order valence-corrected chi connectivity index (χ1v) is 9.31. The zero-order valence-electron chi connectivity index (χ0n) is 17.1. The Hall–Kier alpha value is -2.36. The lowest BCUT2D eigenvalue weighted by molar-refractivity contribution is 0.101. The van der Waals surface area contributed by atoms with Gasteiger partial charge in [0.2, 0.25) is 5.88 Å². The summed E-state index contributed by atoms with van der Waals surface area (Å²) in [5, 5.41) is 0. The monoisotopic (exact) mass is 354 g/mol. The van der Waals surface area contributed by atoms with Crippen molar-refractivity contribution in [3.63, 3.8) is 0 Å². The van der Waals surface area contributed by atoms with E-state index in [9.17, 15) is 4.79 Å². The summed E-state index contributed by atoms with van der Waals surface area (Å²) >= 11 is 0. The number of ketones is 1. The largest absolute Gasteiger partial charge is 0.438 e. The van der Waals surface area contributed by atoms with Gasteiger partial charge in [0, 0.05) is 18.8 Å². The van der Waals surface area contributed by atoms with Crippen LogP contribution in [0.25, 0.3) is 0 Å². The number of aromatic nitrogens is 1. The first kappa shape index (κ1) is 20.0. The number of carbonyl (C=O) groups excluding carboxylic acids is 1. The van der Waals surface area contributed by atoms with E-state index >= 15 is 0 Å². The maximum Gasteiger partial charge on any atom is 0.232 e. The molecule has 0 aliphatic heterocycles. The van der Waals surface area contributed by atoms with Gasteiger partial charge in [0.15, 0.2) is 5.78 Å². The number of Topliss-reactive ketones (excluding diaryl/α,β-unsaturated/α-hetero) is 1. The van der Waals surface area contributed by atoms with Gasteiger partial charge in [-0.1, -0.05) is 24.6 Å². The quantitative estimate of drug-likeness (QED) is 0.612. The molecule has 0 unspecified atom stereocenters. The van der Waals surface area contributed by atoms with Crippen molar-refractivity contribution >= 4 is 11.5 Å². The number of anilines is 1. The Kier molecular flexibility index (Phi) is 6.41. The second kappa shape index (κ2) is 8.35. The predicted molar refractivity (Wildman–Crippen MR) is 108 cm³/mol. The van der Waals surface area contributed by atoms with Gasteiger partial charge >= 0.3 is 0 Å². The van der Waals surface area contributed by atoms with Gasteiger partial charge in [-0.25, -0.2) is 4.98 Å². The third-order valence-electron chi connectivity index (χ3n) is 4.46. The smallest absolute Gasteiger partial charge is 0.232 e. The highest BCUT2D eigenvalue weighted by atomic mass is 16.5. The standard InChI is InChI=1S/C22H30N2O2/c1-8-10-24(9-2)19-13-17(6)23-22(20(19)18(7)25)26-21-15(4)11-14(3)12-16(21)5/h11-13H,8-10H2,1-7H3. The Morgan fingerprint density at radius 2 is 1.69 bits per heavy atom. The lowest BCUT2D eigenvalue weighted by atomic mass is 10.1. The van der Waals surface area contributed by atoms with Crippen molar-refractivity contribution in [1.82, 2.24) is 4.98 Å². The topological polar surface area (TPSA) is 42.4 Å². The van der Waals surface area contributed by atoms with E-state index in [4.69, 9.17) is 4.74 Å². The highest BCUT2D eigenvalue weighted by Crippen LogP contribution is 2.35. The molecule has 4 nitrogen and oxygen atoms in total. The van der Waals surface area contributed by atoms with E-state index in [1.54, 1.807) is 6.92 Å². The molecule has 0 radical (unpaired) electrons. The van der Waals surface area contributed by atoms with E-state index in [-0.39, 0.29) is 5.78 Å². The minimum atomic E-state index is -0.0283. The van der Waals surface area contributed by atoms with Gasteiger partial charge < -0.3 is 9.64 Å². The molecule has 0 aliphatic rings. The van der Waals surface area contributed by atoms with Crippen LogP contribution in [0.2, 0.25) is 0 Å². The third-order valence-corrected chi connectivity index (χ3v) is 4.46. The van der Waals surface area contributed by atoms with Gasteiger partial charge in [0.05, 0.1) is 5.69 Å². The highest BCUT2D eigenvalue weighted by molar-refractivity contribution is 6.02. The molecule has 0 atom stereocenters. The molecular weight excluding hydrogens is 324 g/mol. The minimum absolute atomic E-state index is 0.0283. The lowest BCUT2D eigenvalue weighted by Gasteiger charge is -2.26. The molecule has 0 spiro atoms. The lowest BCUT2D eigenvalue weighted by Crippen LogP contribution is -2.26. The van der Waals surface area contributed by atoms with Crippen LogP contribution in [0.5, 0.6) is 11.6 Å². The number of pyridine rings is 1. The van der Waals surface area contributed by atoms with Crippen LogP contribution >= 0.6 is 0 Å². The fraction of sp³-hybridized carbons (Fsp3) is 0.455. The number of rotatable bonds is 7. The van der Waals surface area contributed by atoms with E-state index in [1.807, 2.05) is 26.8 Å². The van der Waals surface area contributed by atoms with Crippen molar-refractivity contribution in [2.45, 2.75) is 54.9 Å². The van der Waals surface area contributed by atoms with Crippen molar-refractivity contribution < 1.29 is 9.53 Å². The molecule has 0 bridgehead atoms. The normalized spacial score (nSPS) is 10.7. The van der Waals surface area contributed by atoms with Crippen LogP contribution in [0.15, 0.2) is 18.2 Å². The number of aryl methyl sites for hydroxylation is 4. The number of hydrogen-bond acceptors (Lipinski definition) is 4. The molecule has 2 rings (SSSR count). The van der Waals surface area contributed by atoms with Crippen LogP contribution in [-0.2, 0) is 0 Å². The zero-order valence-corrected chi connectivity index (χ0v) is 17.1. The summed E-state index contributed by atoms with van der Waals surface area (Å²) in [5.41, 5.74) is 5.59. The second-order valence-electron chi connectivity index (χ2n) is 6.93. The number of benzene rings is 1. The van der Waals surface area contributed by atoms with Crippen molar-refractivity contribution in [3.05, 3.63) is 46.1 Å². The number of carbonyl (C=O) groups is 1. The Balaban J connectivity index is 2.62. The third kappa shape index (κ3) is 4.24. The maximum atomic E-state index is 12.5.